The Labute approximate surface area is 222 Å². The summed E-state index contributed by atoms with van der Waals surface area (Å²) in [6, 6.07) is 13.0. The number of methoxy groups -OCH3 is 1. The van der Waals surface area contributed by atoms with Crippen LogP contribution in [0.15, 0.2) is 59.4 Å². The molecule has 1 saturated carbocycles. The lowest BCUT2D eigenvalue weighted by molar-refractivity contribution is -0.140. The van der Waals surface area contributed by atoms with Crippen molar-refractivity contribution in [2.45, 2.75) is 51.2 Å². The minimum atomic E-state index is -4.50. The minimum Gasteiger partial charge on any atom is -0.480 e. The third-order valence-electron chi connectivity index (χ3n) is 6.90. The monoisotopic (exact) mass is 533 g/mol. The van der Waals surface area contributed by atoms with E-state index in [4.69, 9.17) is 14.1 Å². The molecule has 6 rings (SSSR count). The second kappa shape index (κ2) is 9.52. The highest BCUT2D eigenvalue weighted by molar-refractivity contribution is 5.81. The molecule has 0 amide bonds. The number of ether oxygens (including phenoxy) is 1. The maximum Gasteiger partial charge on any atom is 0.434 e. The van der Waals surface area contributed by atoms with Gasteiger partial charge in [-0.2, -0.15) is 13.2 Å². The van der Waals surface area contributed by atoms with E-state index in [2.05, 4.69) is 15.0 Å². The van der Waals surface area contributed by atoms with Crippen molar-refractivity contribution < 1.29 is 22.3 Å². The molecule has 39 heavy (non-hydrogen) atoms. The van der Waals surface area contributed by atoms with Gasteiger partial charge in [0.25, 0.3) is 0 Å². The van der Waals surface area contributed by atoms with Gasteiger partial charge >= 0.3 is 6.18 Å². The molecule has 5 aromatic rings. The number of alkyl halides is 3. The van der Waals surface area contributed by atoms with Crippen LogP contribution in [-0.4, -0.2) is 31.6 Å². The minimum absolute atomic E-state index is 0.171. The second-order valence-electron chi connectivity index (χ2n) is 10.0. The summed E-state index contributed by atoms with van der Waals surface area (Å²) in [6.45, 7) is 3.66. The summed E-state index contributed by atoms with van der Waals surface area (Å²) in [5.74, 6) is 1.50. The van der Waals surface area contributed by atoms with Crippen molar-refractivity contribution in [1.82, 2.24) is 24.5 Å². The average molecular weight is 534 g/mol. The first-order valence-corrected chi connectivity index (χ1v) is 12.8. The molecule has 1 fully saturated rings. The molecule has 0 unspecified atom stereocenters. The molecule has 0 radical (unpaired) electrons. The molecule has 0 N–H and O–H groups in total. The lowest BCUT2D eigenvalue weighted by atomic mass is 10.0. The van der Waals surface area contributed by atoms with E-state index < -0.39 is 11.9 Å². The quantitative estimate of drug-likeness (QED) is 0.220. The van der Waals surface area contributed by atoms with Gasteiger partial charge < -0.3 is 13.7 Å². The van der Waals surface area contributed by atoms with Crippen molar-refractivity contribution in [3.8, 4) is 28.7 Å². The Balaban J connectivity index is 1.32. The first-order chi connectivity index (χ1) is 18.7. The molecule has 7 nitrogen and oxygen atoms in total. The molecule has 0 atom stereocenters. The normalized spacial score (nSPS) is 13.9. The van der Waals surface area contributed by atoms with Crippen molar-refractivity contribution in [3.05, 3.63) is 77.5 Å². The number of benzene rings is 2. The van der Waals surface area contributed by atoms with Gasteiger partial charge in [0.15, 0.2) is 11.3 Å². The highest BCUT2D eigenvalue weighted by Crippen LogP contribution is 2.46. The molecule has 200 valence electrons. The van der Waals surface area contributed by atoms with Gasteiger partial charge in [-0.1, -0.05) is 36.4 Å². The lowest BCUT2D eigenvalue weighted by Crippen LogP contribution is -2.05. The van der Waals surface area contributed by atoms with Gasteiger partial charge in [0, 0.05) is 35.7 Å². The summed E-state index contributed by atoms with van der Waals surface area (Å²) < 4.78 is 53.3. The number of oxazole rings is 1. The van der Waals surface area contributed by atoms with Crippen LogP contribution in [0.2, 0.25) is 0 Å². The first kappa shape index (κ1) is 25.1. The van der Waals surface area contributed by atoms with Crippen LogP contribution >= 0.6 is 0 Å². The molecule has 10 heteroatoms. The number of aromatic nitrogens is 5. The van der Waals surface area contributed by atoms with Crippen LogP contribution in [0.4, 0.5) is 13.2 Å². The standard InChI is InChI=1S/C29H26F3N5O2/c1-16(2)37-14-22(29(30,31)32)36-26(37)19-9-7-17(8-10-19)13-20-5-4-6-21-25(20)39-28(35-21)23-24(18-11-12-18)33-15-34-27(23)38-3/h4-10,14-16,18H,11-13H2,1-3H3. The Bertz CT molecular complexity index is 1650. The number of para-hydroxylation sites is 1. The molecule has 1 aliphatic carbocycles. The van der Waals surface area contributed by atoms with Gasteiger partial charge in [-0.25, -0.2) is 19.9 Å². The zero-order valence-corrected chi connectivity index (χ0v) is 21.7. The van der Waals surface area contributed by atoms with Gasteiger partial charge in [0.2, 0.25) is 11.8 Å². The fraction of sp³-hybridized carbons (Fsp3) is 0.310. The predicted molar refractivity (Wildman–Crippen MR) is 139 cm³/mol. The van der Waals surface area contributed by atoms with Crippen molar-refractivity contribution in [1.29, 1.82) is 0 Å². The van der Waals surface area contributed by atoms with Gasteiger partial charge in [-0.05, 0) is 38.3 Å². The molecule has 0 aliphatic heterocycles. The molecular weight excluding hydrogens is 507 g/mol. The molecule has 1 aliphatic rings. The van der Waals surface area contributed by atoms with Crippen LogP contribution in [0.1, 0.15) is 61.2 Å². The molecule has 3 aromatic heterocycles. The maximum absolute atomic E-state index is 13.3. The van der Waals surface area contributed by atoms with Gasteiger partial charge in [-0.15, -0.1) is 0 Å². The predicted octanol–water partition coefficient (Wildman–Crippen LogP) is 7.22. The SMILES string of the molecule is COc1ncnc(C2CC2)c1-c1nc2cccc(Cc3ccc(-c4nc(C(F)(F)F)cn4C(C)C)cc3)c2o1. The zero-order valence-electron chi connectivity index (χ0n) is 21.7. The average Bonchev–Trinajstić information content (AvgIpc) is 3.49. The van der Waals surface area contributed by atoms with Crippen molar-refractivity contribution >= 4 is 11.1 Å². The van der Waals surface area contributed by atoms with E-state index in [1.165, 1.54) is 6.33 Å². The van der Waals surface area contributed by atoms with E-state index in [0.717, 1.165) is 35.9 Å². The van der Waals surface area contributed by atoms with E-state index in [-0.39, 0.29) is 11.9 Å². The Morgan fingerprint density at radius 3 is 2.49 bits per heavy atom. The van der Waals surface area contributed by atoms with E-state index in [1.807, 2.05) is 44.2 Å². The van der Waals surface area contributed by atoms with Crippen molar-refractivity contribution in [2.75, 3.05) is 7.11 Å². The number of nitrogens with zero attached hydrogens (tertiary/aromatic N) is 5. The molecule has 3 heterocycles. The topological polar surface area (TPSA) is 78.9 Å². The summed E-state index contributed by atoms with van der Waals surface area (Å²) in [7, 11) is 1.57. The van der Waals surface area contributed by atoms with Crippen LogP contribution in [-0.2, 0) is 12.6 Å². The Kier molecular flexibility index (Phi) is 6.12. The Morgan fingerprint density at radius 1 is 1.05 bits per heavy atom. The van der Waals surface area contributed by atoms with Crippen molar-refractivity contribution in [3.63, 3.8) is 0 Å². The third kappa shape index (κ3) is 4.75. The zero-order chi connectivity index (χ0) is 27.3. The second-order valence-corrected chi connectivity index (χ2v) is 10.0. The van der Waals surface area contributed by atoms with E-state index in [9.17, 15) is 13.2 Å². The van der Waals surface area contributed by atoms with Crippen molar-refractivity contribution in [2.24, 2.45) is 0 Å². The molecule has 2 aromatic carbocycles. The lowest BCUT2D eigenvalue weighted by Gasteiger charge is -2.11. The fourth-order valence-electron chi connectivity index (χ4n) is 4.79. The van der Waals surface area contributed by atoms with Gasteiger partial charge in [0.05, 0.1) is 12.8 Å². The molecule has 0 bridgehead atoms. The number of halogens is 3. The smallest absolute Gasteiger partial charge is 0.434 e. The van der Waals surface area contributed by atoms with Crippen LogP contribution < -0.4 is 4.74 Å². The fourth-order valence-corrected chi connectivity index (χ4v) is 4.79. The summed E-state index contributed by atoms with van der Waals surface area (Å²) in [5.41, 5.74) is 4.58. The van der Waals surface area contributed by atoms with Gasteiger partial charge in [-0.3, -0.25) is 0 Å². The molecule has 0 saturated heterocycles. The van der Waals surface area contributed by atoms with E-state index >= 15 is 0 Å². The van der Waals surface area contributed by atoms with Crippen LogP contribution in [0.3, 0.4) is 0 Å². The maximum atomic E-state index is 13.3. The number of fused-ring (bicyclic) bond motifs is 1. The largest absolute Gasteiger partial charge is 0.480 e. The number of hydrogen-bond acceptors (Lipinski definition) is 6. The number of hydrogen-bond donors (Lipinski definition) is 0. The van der Waals surface area contributed by atoms with E-state index in [1.54, 1.807) is 23.8 Å². The molecule has 0 spiro atoms. The van der Waals surface area contributed by atoms with E-state index in [0.29, 0.717) is 46.3 Å². The van der Waals surface area contributed by atoms with Crippen LogP contribution in [0.25, 0.3) is 33.9 Å². The van der Waals surface area contributed by atoms with Crippen LogP contribution in [0.5, 0.6) is 5.88 Å². The highest BCUT2D eigenvalue weighted by atomic mass is 19.4. The number of rotatable bonds is 7. The van der Waals surface area contributed by atoms with Gasteiger partial charge in [0.1, 0.15) is 23.2 Å². The first-order valence-electron chi connectivity index (χ1n) is 12.8. The Hall–Kier alpha value is -4.21. The third-order valence-corrected chi connectivity index (χ3v) is 6.90. The van der Waals surface area contributed by atoms with Crippen LogP contribution in [0, 0.1) is 0 Å². The summed E-state index contributed by atoms with van der Waals surface area (Å²) >= 11 is 0. The highest BCUT2D eigenvalue weighted by Gasteiger charge is 2.35. The number of imidazole rings is 1. The summed E-state index contributed by atoms with van der Waals surface area (Å²) in [4.78, 5) is 17.4. The summed E-state index contributed by atoms with van der Waals surface area (Å²) in [5, 5.41) is 0. The molecular formula is C29H26F3N5O2. The summed E-state index contributed by atoms with van der Waals surface area (Å²) in [6.07, 6.45) is 0.741. The Morgan fingerprint density at radius 2 is 1.82 bits per heavy atom.